The molecule has 1 aromatic carbocycles. The van der Waals surface area contributed by atoms with Crippen LogP contribution in [0.4, 0.5) is 0 Å². The maximum Gasteiger partial charge on any atom is 0.108 e. The van der Waals surface area contributed by atoms with Gasteiger partial charge in [-0.3, -0.25) is 11.3 Å². The third-order valence-corrected chi connectivity index (χ3v) is 3.69. The predicted octanol–water partition coefficient (Wildman–Crippen LogP) is 2.86. The van der Waals surface area contributed by atoms with Crippen molar-refractivity contribution in [3.8, 4) is 0 Å². The Hall–Kier alpha value is -1.07. The van der Waals surface area contributed by atoms with Crippen molar-refractivity contribution in [2.24, 2.45) is 12.9 Å². The van der Waals surface area contributed by atoms with Gasteiger partial charge in [0.25, 0.3) is 0 Å². The lowest BCUT2D eigenvalue weighted by atomic mass is 10.0. The molecule has 2 aromatic rings. The Kier molecular flexibility index (Phi) is 4.82. The van der Waals surface area contributed by atoms with Gasteiger partial charge < -0.3 is 4.57 Å². The first-order valence-electron chi connectivity index (χ1n) is 5.99. The minimum absolute atomic E-state index is 0.0529. The van der Waals surface area contributed by atoms with Crippen LogP contribution in [0.5, 0.6) is 0 Å². The van der Waals surface area contributed by atoms with Crippen LogP contribution in [0, 0.1) is 0 Å². The van der Waals surface area contributed by atoms with E-state index in [4.69, 9.17) is 29.0 Å². The molecule has 0 spiro atoms. The SMILES string of the molecule is Cn1ccnc1CCC(NN)c1cc(Cl)ccc1Cl. The number of imidazole rings is 1. The molecule has 0 aliphatic rings. The standard InChI is InChI=1S/C13H16Cl2N4/c1-19-7-6-17-13(19)5-4-12(18-16)10-8-9(14)2-3-11(10)15/h2-3,6-8,12,18H,4-5,16H2,1H3. The summed E-state index contributed by atoms with van der Waals surface area (Å²) in [5.74, 6) is 6.63. The molecule has 6 heteroatoms. The molecule has 0 aliphatic heterocycles. The van der Waals surface area contributed by atoms with Crippen LogP contribution < -0.4 is 11.3 Å². The molecule has 0 amide bonds. The van der Waals surface area contributed by atoms with Crippen molar-refractivity contribution < 1.29 is 0 Å². The van der Waals surface area contributed by atoms with Gasteiger partial charge >= 0.3 is 0 Å². The Morgan fingerprint density at radius 3 is 2.84 bits per heavy atom. The van der Waals surface area contributed by atoms with E-state index in [1.807, 2.05) is 23.9 Å². The number of halogens is 2. The maximum atomic E-state index is 6.19. The molecule has 4 nitrogen and oxygen atoms in total. The first-order valence-corrected chi connectivity index (χ1v) is 6.74. The monoisotopic (exact) mass is 298 g/mol. The molecular weight excluding hydrogens is 283 g/mol. The van der Waals surface area contributed by atoms with E-state index in [1.165, 1.54) is 0 Å². The van der Waals surface area contributed by atoms with Crippen LogP contribution in [0.25, 0.3) is 0 Å². The van der Waals surface area contributed by atoms with Crippen molar-refractivity contribution in [2.45, 2.75) is 18.9 Å². The van der Waals surface area contributed by atoms with Crippen molar-refractivity contribution in [3.05, 3.63) is 52.0 Å². The number of aromatic nitrogens is 2. The molecule has 0 fully saturated rings. The van der Waals surface area contributed by atoms with Crippen molar-refractivity contribution in [2.75, 3.05) is 0 Å². The number of nitrogens with zero attached hydrogens (tertiary/aromatic N) is 2. The molecule has 0 saturated heterocycles. The lowest BCUT2D eigenvalue weighted by molar-refractivity contribution is 0.506. The van der Waals surface area contributed by atoms with Gasteiger partial charge in [0.15, 0.2) is 0 Å². The average Bonchev–Trinajstić information content (AvgIpc) is 2.80. The second-order valence-electron chi connectivity index (χ2n) is 4.38. The van der Waals surface area contributed by atoms with Crippen molar-refractivity contribution in [1.82, 2.24) is 15.0 Å². The Morgan fingerprint density at radius 1 is 1.42 bits per heavy atom. The lowest BCUT2D eigenvalue weighted by Crippen LogP contribution is -2.28. The zero-order chi connectivity index (χ0) is 13.8. The number of hydrazine groups is 1. The fraction of sp³-hybridized carbons (Fsp3) is 0.308. The highest BCUT2D eigenvalue weighted by Crippen LogP contribution is 2.28. The molecule has 2 rings (SSSR count). The second-order valence-corrected chi connectivity index (χ2v) is 5.22. The first-order chi connectivity index (χ1) is 9.11. The smallest absolute Gasteiger partial charge is 0.108 e. The Morgan fingerprint density at radius 2 is 2.21 bits per heavy atom. The number of benzene rings is 1. The van der Waals surface area contributed by atoms with E-state index in [0.29, 0.717) is 10.0 Å². The molecule has 102 valence electrons. The summed E-state index contributed by atoms with van der Waals surface area (Å²) >= 11 is 12.2. The van der Waals surface area contributed by atoms with E-state index in [1.54, 1.807) is 18.3 Å². The molecule has 19 heavy (non-hydrogen) atoms. The average molecular weight is 299 g/mol. The quantitative estimate of drug-likeness (QED) is 0.659. The predicted molar refractivity (Wildman–Crippen MR) is 78.1 cm³/mol. The number of hydrogen-bond donors (Lipinski definition) is 2. The molecule has 1 atom stereocenters. The van der Waals surface area contributed by atoms with Crippen molar-refractivity contribution >= 4 is 23.2 Å². The van der Waals surface area contributed by atoms with E-state index in [2.05, 4.69) is 10.4 Å². The summed E-state index contributed by atoms with van der Waals surface area (Å²) in [5.41, 5.74) is 3.70. The minimum Gasteiger partial charge on any atom is -0.338 e. The molecule has 0 bridgehead atoms. The highest BCUT2D eigenvalue weighted by atomic mass is 35.5. The third-order valence-electron chi connectivity index (χ3n) is 3.11. The molecule has 1 heterocycles. The van der Waals surface area contributed by atoms with Crippen LogP contribution in [-0.2, 0) is 13.5 Å². The van der Waals surface area contributed by atoms with Crippen LogP contribution in [0.3, 0.4) is 0 Å². The van der Waals surface area contributed by atoms with Gasteiger partial charge in [-0.15, -0.1) is 0 Å². The molecule has 1 aromatic heterocycles. The Bertz CT molecular complexity index is 553. The normalized spacial score (nSPS) is 12.6. The van der Waals surface area contributed by atoms with E-state index in [-0.39, 0.29) is 6.04 Å². The molecule has 1 unspecified atom stereocenters. The molecule has 0 radical (unpaired) electrons. The van der Waals surface area contributed by atoms with Crippen LogP contribution >= 0.6 is 23.2 Å². The summed E-state index contributed by atoms with van der Waals surface area (Å²) in [5, 5.41) is 1.31. The highest BCUT2D eigenvalue weighted by molar-refractivity contribution is 6.33. The van der Waals surface area contributed by atoms with Gasteiger partial charge in [-0.1, -0.05) is 23.2 Å². The van der Waals surface area contributed by atoms with Crippen LogP contribution in [0.15, 0.2) is 30.6 Å². The summed E-state index contributed by atoms with van der Waals surface area (Å²) < 4.78 is 1.99. The van der Waals surface area contributed by atoms with E-state index in [9.17, 15) is 0 Å². The summed E-state index contributed by atoms with van der Waals surface area (Å²) in [6, 6.07) is 5.33. The number of aryl methyl sites for hydroxylation is 2. The lowest BCUT2D eigenvalue weighted by Gasteiger charge is -2.17. The van der Waals surface area contributed by atoms with E-state index in [0.717, 1.165) is 24.2 Å². The van der Waals surface area contributed by atoms with Gasteiger partial charge in [-0.25, -0.2) is 4.98 Å². The van der Waals surface area contributed by atoms with Gasteiger partial charge in [0, 0.05) is 41.9 Å². The minimum atomic E-state index is -0.0529. The summed E-state index contributed by atoms with van der Waals surface area (Å²) in [4.78, 5) is 4.29. The zero-order valence-corrected chi connectivity index (χ0v) is 12.1. The summed E-state index contributed by atoms with van der Waals surface area (Å²) in [7, 11) is 1.97. The maximum absolute atomic E-state index is 6.19. The Balaban J connectivity index is 2.12. The fourth-order valence-electron chi connectivity index (χ4n) is 2.02. The summed E-state index contributed by atoms with van der Waals surface area (Å²) in [6.07, 6.45) is 5.31. The Labute approximate surface area is 122 Å². The van der Waals surface area contributed by atoms with Crippen molar-refractivity contribution in [3.63, 3.8) is 0 Å². The molecular formula is C13H16Cl2N4. The first kappa shape index (κ1) is 14.3. The summed E-state index contributed by atoms with van der Waals surface area (Å²) in [6.45, 7) is 0. The number of rotatable bonds is 5. The largest absolute Gasteiger partial charge is 0.338 e. The molecule has 3 N–H and O–H groups in total. The number of nitrogens with two attached hydrogens (primary N) is 1. The second kappa shape index (κ2) is 6.39. The fourth-order valence-corrected chi connectivity index (χ4v) is 2.45. The van der Waals surface area contributed by atoms with Gasteiger partial charge in [0.1, 0.15) is 5.82 Å². The van der Waals surface area contributed by atoms with Gasteiger partial charge in [-0.2, -0.15) is 0 Å². The number of nitrogens with one attached hydrogen (secondary N) is 1. The van der Waals surface area contributed by atoms with Crippen LogP contribution in [-0.4, -0.2) is 9.55 Å². The highest BCUT2D eigenvalue weighted by Gasteiger charge is 2.15. The molecule has 0 saturated carbocycles. The van der Waals surface area contributed by atoms with Crippen molar-refractivity contribution in [1.29, 1.82) is 0 Å². The van der Waals surface area contributed by atoms with E-state index < -0.39 is 0 Å². The van der Waals surface area contributed by atoms with E-state index >= 15 is 0 Å². The third kappa shape index (κ3) is 3.48. The topological polar surface area (TPSA) is 55.9 Å². The van der Waals surface area contributed by atoms with Crippen LogP contribution in [0.2, 0.25) is 10.0 Å². The van der Waals surface area contributed by atoms with Gasteiger partial charge in [-0.05, 0) is 30.2 Å². The number of hydrogen-bond acceptors (Lipinski definition) is 3. The zero-order valence-electron chi connectivity index (χ0n) is 10.6. The molecule has 0 aliphatic carbocycles. The van der Waals surface area contributed by atoms with Gasteiger partial charge in [0.2, 0.25) is 0 Å². The van der Waals surface area contributed by atoms with Crippen LogP contribution in [0.1, 0.15) is 23.9 Å². The van der Waals surface area contributed by atoms with Gasteiger partial charge in [0.05, 0.1) is 0 Å².